The lowest BCUT2D eigenvalue weighted by molar-refractivity contribution is -0.120. The number of hydrogen-bond donors (Lipinski definition) is 1. The number of benzene rings is 2. The van der Waals surface area contributed by atoms with Crippen molar-refractivity contribution < 1.29 is 19.1 Å². The summed E-state index contributed by atoms with van der Waals surface area (Å²) in [7, 11) is 0. The summed E-state index contributed by atoms with van der Waals surface area (Å²) in [6.07, 6.45) is 1.80. The first-order valence-corrected chi connectivity index (χ1v) is 13.4. The highest BCUT2D eigenvalue weighted by atomic mass is 16.6. The quantitative estimate of drug-likeness (QED) is 0.437. The Hall–Kier alpha value is -3.91. The molecular formula is C31H38N4O4. The van der Waals surface area contributed by atoms with E-state index in [0.717, 1.165) is 47.8 Å². The Morgan fingerprint density at radius 2 is 1.59 bits per heavy atom. The first-order valence-electron chi connectivity index (χ1n) is 13.4. The summed E-state index contributed by atoms with van der Waals surface area (Å²) in [5.74, 6) is 0.760. The number of nitrogens with one attached hydrogen (secondary N) is 1. The molecule has 1 aliphatic rings. The SMILES string of the molecule is CC(C)(C)OC(=O)N1CCN(CCOc2ccc(-c3ccc(CC(=O)NCc4ccccc4)nc3)cc2)CC1. The van der Waals surface area contributed by atoms with E-state index in [1.54, 1.807) is 11.1 Å². The lowest BCUT2D eigenvalue weighted by atomic mass is 10.1. The Morgan fingerprint density at radius 3 is 2.23 bits per heavy atom. The highest BCUT2D eigenvalue weighted by Crippen LogP contribution is 2.22. The number of pyridine rings is 1. The number of hydrogen-bond acceptors (Lipinski definition) is 6. The number of ether oxygens (including phenoxy) is 2. The smallest absolute Gasteiger partial charge is 0.410 e. The lowest BCUT2D eigenvalue weighted by Crippen LogP contribution is -2.50. The third-order valence-electron chi connectivity index (χ3n) is 6.39. The second-order valence-corrected chi connectivity index (χ2v) is 10.7. The Kier molecular flexibility index (Phi) is 9.54. The van der Waals surface area contributed by atoms with Gasteiger partial charge in [-0.1, -0.05) is 48.5 Å². The zero-order valence-electron chi connectivity index (χ0n) is 23.1. The topological polar surface area (TPSA) is 84.0 Å². The molecule has 2 aromatic carbocycles. The van der Waals surface area contributed by atoms with Gasteiger partial charge < -0.3 is 19.7 Å². The van der Waals surface area contributed by atoms with Crippen molar-refractivity contribution >= 4 is 12.0 Å². The van der Waals surface area contributed by atoms with E-state index < -0.39 is 5.60 Å². The average molecular weight is 531 g/mol. The Labute approximate surface area is 230 Å². The van der Waals surface area contributed by atoms with Crippen LogP contribution in [0.4, 0.5) is 4.79 Å². The molecule has 8 heteroatoms. The Bertz CT molecular complexity index is 1200. The molecule has 0 aliphatic carbocycles. The molecule has 1 aromatic heterocycles. The van der Waals surface area contributed by atoms with Crippen LogP contribution in [0.2, 0.25) is 0 Å². The summed E-state index contributed by atoms with van der Waals surface area (Å²) in [5.41, 5.74) is 3.35. The molecular weight excluding hydrogens is 492 g/mol. The van der Waals surface area contributed by atoms with Crippen LogP contribution in [0.15, 0.2) is 72.9 Å². The molecule has 1 aliphatic heterocycles. The van der Waals surface area contributed by atoms with Gasteiger partial charge in [0.1, 0.15) is 18.0 Å². The normalized spacial score (nSPS) is 14.1. The van der Waals surface area contributed by atoms with Gasteiger partial charge in [0.2, 0.25) is 5.91 Å². The van der Waals surface area contributed by atoms with Crippen molar-refractivity contribution in [2.45, 2.75) is 39.3 Å². The molecule has 0 spiro atoms. The maximum absolute atomic E-state index is 12.3. The predicted octanol–water partition coefficient (Wildman–Crippen LogP) is 4.54. The molecule has 0 bridgehead atoms. The van der Waals surface area contributed by atoms with E-state index in [9.17, 15) is 9.59 Å². The molecule has 1 saturated heterocycles. The fraction of sp³-hybridized carbons (Fsp3) is 0.387. The van der Waals surface area contributed by atoms with E-state index in [2.05, 4.69) is 15.2 Å². The van der Waals surface area contributed by atoms with Crippen molar-refractivity contribution in [3.05, 3.63) is 84.2 Å². The van der Waals surface area contributed by atoms with E-state index in [1.807, 2.05) is 87.5 Å². The molecule has 2 amide bonds. The van der Waals surface area contributed by atoms with Crippen LogP contribution in [0.5, 0.6) is 5.75 Å². The standard InChI is InChI=1S/C31H38N4O4/c1-31(2,3)39-30(37)35-17-15-34(16-18-35)19-20-38-28-13-10-25(11-14-28)26-9-12-27(32-23-26)21-29(36)33-22-24-7-5-4-6-8-24/h4-14,23H,15-22H2,1-3H3,(H,33,36). The van der Waals surface area contributed by atoms with Gasteiger partial charge in [-0.05, 0) is 50.1 Å². The second kappa shape index (κ2) is 13.2. The first kappa shape index (κ1) is 28.1. The van der Waals surface area contributed by atoms with Crippen LogP contribution >= 0.6 is 0 Å². The van der Waals surface area contributed by atoms with Gasteiger partial charge in [-0.3, -0.25) is 14.7 Å². The van der Waals surface area contributed by atoms with Crippen molar-refractivity contribution in [3.8, 4) is 16.9 Å². The summed E-state index contributed by atoms with van der Waals surface area (Å²) in [6.45, 7) is 10.5. The van der Waals surface area contributed by atoms with Gasteiger partial charge >= 0.3 is 6.09 Å². The van der Waals surface area contributed by atoms with Gasteiger partial charge in [0, 0.05) is 56.7 Å². The molecule has 0 radical (unpaired) electrons. The highest BCUT2D eigenvalue weighted by Gasteiger charge is 2.25. The predicted molar refractivity (Wildman–Crippen MR) is 151 cm³/mol. The number of rotatable bonds is 9. The van der Waals surface area contributed by atoms with Gasteiger partial charge in [-0.15, -0.1) is 0 Å². The van der Waals surface area contributed by atoms with Gasteiger partial charge in [0.05, 0.1) is 6.42 Å². The minimum absolute atomic E-state index is 0.0504. The summed E-state index contributed by atoms with van der Waals surface area (Å²) < 4.78 is 11.4. The molecule has 0 atom stereocenters. The number of amides is 2. The zero-order chi connectivity index (χ0) is 27.7. The van der Waals surface area contributed by atoms with E-state index in [4.69, 9.17) is 9.47 Å². The average Bonchev–Trinajstić information content (AvgIpc) is 2.93. The summed E-state index contributed by atoms with van der Waals surface area (Å²) in [4.78, 5) is 33.0. The van der Waals surface area contributed by atoms with E-state index in [1.165, 1.54) is 0 Å². The van der Waals surface area contributed by atoms with Crippen molar-refractivity contribution in [1.82, 2.24) is 20.1 Å². The maximum Gasteiger partial charge on any atom is 0.410 e. The van der Waals surface area contributed by atoms with Crippen LogP contribution in [-0.4, -0.2) is 71.7 Å². The van der Waals surface area contributed by atoms with Crippen LogP contribution in [0.1, 0.15) is 32.0 Å². The summed E-state index contributed by atoms with van der Waals surface area (Å²) in [5, 5.41) is 2.93. The number of aromatic nitrogens is 1. The van der Waals surface area contributed by atoms with Gasteiger partial charge in [0.25, 0.3) is 0 Å². The van der Waals surface area contributed by atoms with Crippen LogP contribution in [0.3, 0.4) is 0 Å². The van der Waals surface area contributed by atoms with Crippen molar-refractivity contribution in [2.24, 2.45) is 0 Å². The summed E-state index contributed by atoms with van der Waals surface area (Å²) >= 11 is 0. The number of carbonyl (C=O) groups is 2. The largest absolute Gasteiger partial charge is 0.492 e. The fourth-order valence-electron chi connectivity index (χ4n) is 4.24. The number of piperazine rings is 1. The number of nitrogens with zero attached hydrogens (tertiary/aromatic N) is 3. The molecule has 4 rings (SSSR count). The molecule has 8 nitrogen and oxygen atoms in total. The van der Waals surface area contributed by atoms with Gasteiger partial charge in [-0.2, -0.15) is 0 Å². The van der Waals surface area contributed by atoms with Crippen LogP contribution < -0.4 is 10.1 Å². The van der Waals surface area contributed by atoms with Crippen molar-refractivity contribution in [2.75, 3.05) is 39.3 Å². The first-order chi connectivity index (χ1) is 18.7. The minimum atomic E-state index is -0.474. The Morgan fingerprint density at radius 1 is 0.897 bits per heavy atom. The molecule has 1 N–H and O–H groups in total. The Balaban J connectivity index is 1.17. The molecule has 1 fully saturated rings. The molecule has 3 aromatic rings. The van der Waals surface area contributed by atoms with E-state index in [0.29, 0.717) is 26.2 Å². The fourth-order valence-corrected chi connectivity index (χ4v) is 4.24. The van der Waals surface area contributed by atoms with Crippen molar-refractivity contribution in [3.63, 3.8) is 0 Å². The molecule has 2 heterocycles. The summed E-state index contributed by atoms with van der Waals surface area (Å²) in [6, 6.07) is 21.7. The molecule has 206 valence electrons. The third-order valence-corrected chi connectivity index (χ3v) is 6.39. The van der Waals surface area contributed by atoms with Crippen molar-refractivity contribution in [1.29, 1.82) is 0 Å². The van der Waals surface area contributed by atoms with Gasteiger partial charge in [0.15, 0.2) is 0 Å². The van der Waals surface area contributed by atoms with Gasteiger partial charge in [-0.25, -0.2) is 4.79 Å². The molecule has 0 unspecified atom stereocenters. The monoisotopic (exact) mass is 530 g/mol. The molecule has 39 heavy (non-hydrogen) atoms. The van der Waals surface area contributed by atoms with Crippen LogP contribution in [0, 0.1) is 0 Å². The third kappa shape index (κ3) is 9.11. The second-order valence-electron chi connectivity index (χ2n) is 10.7. The lowest BCUT2D eigenvalue weighted by Gasteiger charge is -2.35. The van der Waals surface area contributed by atoms with Crippen LogP contribution in [-0.2, 0) is 22.5 Å². The number of carbonyl (C=O) groups excluding carboxylic acids is 2. The maximum atomic E-state index is 12.3. The van der Waals surface area contributed by atoms with Crippen LogP contribution in [0.25, 0.3) is 11.1 Å². The van der Waals surface area contributed by atoms with E-state index >= 15 is 0 Å². The highest BCUT2D eigenvalue weighted by molar-refractivity contribution is 5.78. The van der Waals surface area contributed by atoms with E-state index in [-0.39, 0.29) is 18.4 Å². The molecule has 0 saturated carbocycles. The zero-order valence-corrected chi connectivity index (χ0v) is 23.1. The minimum Gasteiger partial charge on any atom is -0.492 e.